The molecule has 2 rings (SSSR count). The summed E-state index contributed by atoms with van der Waals surface area (Å²) in [6.07, 6.45) is 0. The number of carbonyl (C=O) groups is 2. The zero-order chi connectivity index (χ0) is 17.7. The quantitative estimate of drug-likeness (QED) is 0.578. The number of morpholine rings is 1. The lowest BCUT2D eigenvalue weighted by molar-refractivity contribution is -0.385. The Bertz CT molecular complexity index is 648. The molecule has 1 aliphatic heterocycles. The fraction of sp³-hybridized carbons (Fsp3) is 0.429. The second-order valence-corrected chi connectivity index (χ2v) is 4.90. The molecule has 1 unspecified atom stereocenters. The summed E-state index contributed by atoms with van der Waals surface area (Å²) in [7, 11) is 1.28. The van der Waals surface area contributed by atoms with Crippen molar-refractivity contribution in [1.29, 1.82) is 0 Å². The molecule has 1 aromatic rings. The lowest BCUT2D eigenvalue weighted by atomic mass is 10.2. The van der Waals surface area contributed by atoms with Crippen LogP contribution >= 0.6 is 0 Å². The number of amides is 1. The average molecular weight is 340 g/mol. The summed E-state index contributed by atoms with van der Waals surface area (Å²) in [5.74, 6) is -1.46. The molecule has 1 N–H and O–H groups in total. The maximum Gasteiger partial charge on any atom is 0.328 e. The van der Waals surface area contributed by atoms with Gasteiger partial charge in [-0.1, -0.05) is 0 Å². The van der Waals surface area contributed by atoms with Crippen LogP contribution in [0.25, 0.3) is 0 Å². The molecule has 1 aromatic carbocycles. The topological polar surface area (TPSA) is 128 Å². The molecule has 10 nitrogen and oxygen atoms in total. The van der Waals surface area contributed by atoms with Crippen LogP contribution in [-0.2, 0) is 14.3 Å². The molecular weight excluding hydrogens is 324 g/mol. The second kappa shape index (κ2) is 7.59. The van der Waals surface area contributed by atoms with Crippen LogP contribution in [-0.4, -0.2) is 66.3 Å². The minimum absolute atomic E-state index is 0.000246. The third-order valence-corrected chi connectivity index (χ3v) is 3.44. The highest BCUT2D eigenvalue weighted by atomic mass is 16.6. The van der Waals surface area contributed by atoms with Crippen molar-refractivity contribution in [1.82, 2.24) is 4.90 Å². The van der Waals surface area contributed by atoms with Crippen LogP contribution < -0.4 is 9.47 Å². The van der Waals surface area contributed by atoms with Crippen molar-refractivity contribution >= 4 is 17.6 Å². The molecule has 0 aromatic heterocycles. The molecule has 1 amide bonds. The van der Waals surface area contributed by atoms with Crippen LogP contribution in [0.4, 0.5) is 5.69 Å². The zero-order valence-corrected chi connectivity index (χ0v) is 12.8. The number of benzene rings is 1. The number of carboxylic acid groups (broad SMARTS) is 1. The van der Waals surface area contributed by atoms with Crippen molar-refractivity contribution in [3.63, 3.8) is 0 Å². The van der Waals surface area contributed by atoms with Crippen LogP contribution in [0, 0.1) is 10.1 Å². The highest BCUT2D eigenvalue weighted by Gasteiger charge is 2.32. The molecule has 1 saturated heterocycles. The standard InChI is InChI=1S/C14H16N2O8/c1-22-12-6-9(2-3-10(12)16(20)21)24-8-13(17)15-4-5-23-7-11(15)14(18)19/h2-3,6,11H,4-5,7-8H2,1H3,(H,18,19). The van der Waals surface area contributed by atoms with Gasteiger partial charge in [-0.2, -0.15) is 0 Å². The van der Waals surface area contributed by atoms with Gasteiger partial charge in [0.25, 0.3) is 5.91 Å². The number of carboxylic acids is 1. The van der Waals surface area contributed by atoms with Crippen LogP contribution in [0.1, 0.15) is 0 Å². The Morgan fingerprint density at radius 1 is 1.50 bits per heavy atom. The molecular formula is C14H16N2O8. The Balaban J connectivity index is 2.03. The van der Waals surface area contributed by atoms with Gasteiger partial charge < -0.3 is 24.2 Å². The molecule has 1 fully saturated rings. The Morgan fingerprint density at radius 3 is 2.88 bits per heavy atom. The second-order valence-electron chi connectivity index (χ2n) is 4.90. The molecule has 24 heavy (non-hydrogen) atoms. The number of carbonyl (C=O) groups excluding carboxylic acids is 1. The van der Waals surface area contributed by atoms with Crippen molar-refractivity contribution in [2.24, 2.45) is 0 Å². The third-order valence-electron chi connectivity index (χ3n) is 3.44. The molecule has 130 valence electrons. The lowest BCUT2D eigenvalue weighted by Crippen LogP contribution is -2.53. The molecule has 0 saturated carbocycles. The van der Waals surface area contributed by atoms with E-state index >= 15 is 0 Å². The molecule has 0 bridgehead atoms. The first-order valence-electron chi connectivity index (χ1n) is 6.99. The summed E-state index contributed by atoms with van der Waals surface area (Å²) in [6, 6.07) is 2.77. The van der Waals surface area contributed by atoms with Gasteiger partial charge in [-0.15, -0.1) is 0 Å². The average Bonchev–Trinajstić information content (AvgIpc) is 2.59. The minimum atomic E-state index is -1.15. The van der Waals surface area contributed by atoms with Gasteiger partial charge >= 0.3 is 11.7 Å². The largest absolute Gasteiger partial charge is 0.490 e. The predicted molar refractivity (Wildman–Crippen MR) is 79.1 cm³/mol. The third kappa shape index (κ3) is 3.90. The molecule has 1 atom stereocenters. The van der Waals surface area contributed by atoms with E-state index in [0.717, 1.165) is 0 Å². The van der Waals surface area contributed by atoms with E-state index < -0.39 is 29.4 Å². The van der Waals surface area contributed by atoms with Crippen molar-refractivity contribution in [2.75, 3.05) is 33.5 Å². The normalized spacial score (nSPS) is 17.2. The number of hydrogen-bond donors (Lipinski definition) is 1. The monoisotopic (exact) mass is 340 g/mol. The van der Waals surface area contributed by atoms with Crippen molar-refractivity contribution in [2.45, 2.75) is 6.04 Å². The molecule has 0 spiro atoms. The van der Waals surface area contributed by atoms with Gasteiger partial charge in [0, 0.05) is 18.7 Å². The van der Waals surface area contributed by atoms with E-state index in [-0.39, 0.29) is 36.9 Å². The van der Waals surface area contributed by atoms with Gasteiger partial charge in [0.2, 0.25) is 5.75 Å². The molecule has 1 heterocycles. The predicted octanol–water partition coefficient (Wildman–Crippen LogP) is 0.294. The lowest BCUT2D eigenvalue weighted by Gasteiger charge is -2.32. The molecule has 10 heteroatoms. The van der Waals surface area contributed by atoms with Crippen molar-refractivity contribution in [3.8, 4) is 11.5 Å². The summed E-state index contributed by atoms with van der Waals surface area (Å²) in [5.41, 5.74) is -0.227. The number of nitro groups is 1. The first-order chi connectivity index (χ1) is 11.4. The van der Waals surface area contributed by atoms with E-state index in [4.69, 9.17) is 19.3 Å². The minimum Gasteiger partial charge on any atom is -0.490 e. The summed E-state index contributed by atoms with van der Waals surface area (Å²) in [6.45, 7) is -0.0687. The summed E-state index contributed by atoms with van der Waals surface area (Å²) >= 11 is 0. The highest BCUT2D eigenvalue weighted by Crippen LogP contribution is 2.30. The first kappa shape index (κ1) is 17.5. The van der Waals surface area contributed by atoms with E-state index in [1.54, 1.807) is 0 Å². The zero-order valence-electron chi connectivity index (χ0n) is 12.8. The number of methoxy groups -OCH3 is 1. The Kier molecular flexibility index (Phi) is 5.53. The smallest absolute Gasteiger partial charge is 0.328 e. The first-order valence-corrected chi connectivity index (χ1v) is 6.99. The van der Waals surface area contributed by atoms with Gasteiger partial charge in [0.15, 0.2) is 12.6 Å². The van der Waals surface area contributed by atoms with Crippen LogP contribution in [0.15, 0.2) is 18.2 Å². The van der Waals surface area contributed by atoms with Gasteiger partial charge in [-0.3, -0.25) is 14.9 Å². The Morgan fingerprint density at radius 2 is 2.25 bits per heavy atom. The summed E-state index contributed by atoms with van der Waals surface area (Å²) in [4.78, 5) is 34.7. The van der Waals surface area contributed by atoms with Crippen LogP contribution in [0.2, 0.25) is 0 Å². The van der Waals surface area contributed by atoms with Crippen molar-refractivity contribution < 1.29 is 33.8 Å². The SMILES string of the molecule is COc1cc(OCC(=O)N2CCOCC2C(=O)O)ccc1[N+](=O)[O-]. The number of aliphatic carboxylic acids is 1. The van der Waals surface area contributed by atoms with E-state index in [9.17, 15) is 19.7 Å². The maximum atomic E-state index is 12.2. The molecule has 0 radical (unpaired) electrons. The van der Waals surface area contributed by atoms with Gasteiger partial charge in [0.05, 0.1) is 25.2 Å². The van der Waals surface area contributed by atoms with E-state index in [0.29, 0.717) is 0 Å². The highest BCUT2D eigenvalue weighted by molar-refractivity contribution is 5.84. The summed E-state index contributed by atoms with van der Waals surface area (Å²) in [5, 5.41) is 19.9. The maximum absolute atomic E-state index is 12.2. The van der Waals surface area contributed by atoms with Gasteiger partial charge in [0.1, 0.15) is 5.75 Å². The fourth-order valence-corrected chi connectivity index (χ4v) is 2.23. The van der Waals surface area contributed by atoms with Crippen LogP contribution in [0.5, 0.6) is 11.5 Å². The molecule has 0 aliphatic carbocycles. The number of nitrogens with zero attached hydrogens (tertiary/aromatic N) is 2. The number of nitro benzene ring substituents is 1. The van der Waals surface area contributed by atoms with E-state index in [1.807, 2.05) is 0 Å². The fourth-order valence-electron chi connectivity index (χ4n) is 2.23. The Hall–Kier alpha value is -2.88. The van der Waals surface area contributed by atoms with E-state index in [2.05, 4.69) is 0 Å². The van der Waals surface area contributed by atoms with E-state index in [1.165, 1.54) is 30.2 Å². The number of rotatable bonds is 6. The van der Waals surface area contributed by atoms with Crippen LogP contribution in [0.3, 0.4) is 0 Å². The summed E-state index contributed by atoms with van der Waals surface area (Å²) < 4.78 is 15.3. The van der Waals surface area contributed by atoms with Crippen molar-refractivity contribution in [3.05, 3.63) is 28.3 Å². The number of ether oxygens (including phenoxy) is 3. The van der Waals surface area contributed by atoms with Gasteiger partial charge in [-0.05, 0) is 6.07 Å². The van der Waals surface area contributed by atoms with Gasteiger partial charge in [-0.25, -0.2) is 4.79 Å². The Labute approximate surface area is 136 Å². The molecule has 1 aliphatic rings. The number of hydrogen-bond acceptors (Lipinski definition) is 7.